The van der Waals surface area contributed by atoms with Crippen molar-refractivity contribution < 1.29 is 28.9 Å². The molecule has 0 fully saturated rings. The van der Waals surface area contributed by atoms with Crippen LogP contribution in [0.1, 0.15) is 61.9 Å². The van der Waals surface area contributed by atoms with E-state index < -0.39 is 13.3 Å². The van der Waals surface area contributed by atoms with E-state index in [1.54, 1.807) is 6.07 Å². The number of hydrogen-bond acceptors (Lipinski definition) is 5. The van der Waals surface area contributed by atoms with Gasteiger partial charge in [-0.2, -0.15) is 0 Å². The summed E-state index contributed by atoms with van der Waals surface area (Å²) in [7, 11) is 0. The summed E-state index contributed by atoms with van der Waals surface area (Å²) in [5.74, 6) is 8.15. The summed E-state index contributed by atoms with van der Waals surface area (Å²) in [6, 6.07) is 28.8. The predicted molar refractivity (Wildman–Crippen MR) is 217 cm³/mol. The molecule has 6 nitrogen and oxygen atoms in total. The SMILES string of the molecule is Cc1c[c-]c(-c2cc[c]([Ge]([CH3])([CH3])[CH3])cn2)cc1.Cc1cc2nc(-c3[c-]nc4oc5cc(F)ccc5c4c3)n(-c3c(C(C)C)cccc3C(C)C)c2cn1.[Ir]. The van der Waals surface area contributed by atoms with Crippen molar-refractivity contribution in [1.29, 1.82) is 0 Å². The maximum absolute atomic E-state index is 13.8. The summed E-state index contributed by atoms with van der Waals surface area (Å²) in [4.78, 5) is 18.7. The third-order valence-electron chi connectivity index (χ3n) is 9.60. The Labute approximate surface area is 333 Å². The van der Waals surface area contributed by atoms with Crippen LogP contribution in [-0.4, -0.2) is 37.8 Å². The molecular weight excluding hydrogens is 910 g/mol. The van der Waals surface area contributed by atoms with Gasteiger partial charge in [-0.1, -0.05) is 51.5 Å². The Kier molecular flexibility index (Phi) is 11.4. The predicted octanol–water partition coefficient (Wildman–Crippen LogP) is 11.3. The molecular formula is C45H44FGeIrN5O-2. The van der Waals surface area contributed by atoms with Crippen LogP contribution in [0.2, 0.25) is 17.3 Å². The molecule has 5 heterocycles. The quantitative estimate of drug-likeness (QED) is 0.123. The number of fused-ring (bicyclic) bond motifs is 4. The van der Waals surface area contributed by atoms with Gasteiger partial charge < -0.3 is 14.0 Å². The normalized spacial score (nSPS) is 11.7. The largest absolute Gasteiger partial charge is 0.482 e. The first-order valence-corrected chi connectivity index (χ1v) is 25.5. The van der Waals surface area contributed by atoms with E-state index in [1.807, 2.05) is 37.5 Å². The summed E-state index contributed by atoms with van der Waals surface area (Å²) in [5, 5.41) is 1.60. The number of pyridine rings is 3. The Hall–Kier alpha value is -4.50. The van der Waals surface area contributed by atoms with Gasteiger partial charge >= 0.3 is 106 Å². The fraction of sp³-hybridized carbons (Fsp3) is 0.244. The van der Waals surface area contributed by atoms with Crippen molar-refractivity contribution in [2.45, 2.75) is 70.6 Å². The third-order valence-corrected chi connectivity index (χ3v) is 13.9. The maximum Gasteiger partial charge on any atom is 0.141 e. The smallest absolute Gasteiger partial charge is 0.141 e. The van der Waals surface area contributed by atoms with Gasteiger partial charge in [0.1, 0.15) is 17.1 Å². The number of nitrogens with zero attached hydrogens (tertiary/aromatic N) is 5. The van der Waals surface area contributed by atoms with Crippen molar-refractivity contribution in [3.05, 3.63) is 132 Å². The van der Waals surface area contributed by atoms with E-state index >= 15 is 0 Å². The van der Waals surface area contributed by atoms with Crippen molar-refractivity contribution in [3.63, 3.8) is 0 Å². The molecule has 0 atom stereocenters. The van der Waals surface area contributed by atoms with Crippen molar-refractivity contribution >= 4 is 50.8 Å². The van der Waals surface area contributed by atoms with E-state index in [-0.39, 0.29) is 25.9 Å². The molecule has 8 aromatic rings. The molecule has 5 aromatic heterocycles. The van der Waals surface area contributed by atoms with E-state index in [0.29, 0.717) is 23.1 Å². The number of furan rings is 1. The fourth-order valence-corrected chi connectivity index (χ4v) is 8.79. The fourth-order valence-electron chi connectivity index (χ4n) is 6.62. The molecule has 0 saturated heterocycles. The number of benzene rings is 3. The molecule has 277 valence electrons. The molecule has 0 amide bonds. The van der Waals surface area contributed by atoms with Gasteiger partial charge in [-0.15, -0.1) is 6.07 Å². The average Bonchev–Trinajstić information content (AvgIpc) is 3.68. The Morgan fingerprint density at radius 3 is 2.17 bits per heavy atom. The Morgan fingerprint density at radius 2 is 1.54 bits per heavy atom. The van der Waals surface area contributed by atoms with E-state index in [2.05, 4.69) is 126 Å². The second-order valence-corrected chi connectivity index (χ2v) is 26.0. The molecule has 0 spiro atoms. The molecule has 1 radical (unpaired) electrons. The zero-order chi connectivity index (χ0) is 37.6. The Morgan fingerprint density at radius 1 is 0.796 bits per heavy atom. The number of para-hydroxylation sites is 1. The van der Waals surface area contributed by atoms with E-state index in [4.69, 9.17) is 9.40 Å². The van der Waals surface area contributed by atoms with Crippen molar-refractivity contribution in [2.75, 3.05) is 0 Å². The number of aryl methyl sites for hydroxylation is 2. The molecule has 3 aromatic carbocycles. The van der Waals surface area contributed by atoms with Crippen LogP contribution in [0.3, 0.4) is 0 Å². The van der Waals surface area contributed by atoms with Crippen LogP contribution in [-0.2, 0) is 20.1 Å². The van der Waals surface area contributed by atoms with Gasteiger partial charge in [-0.3, -0.25) is 9.97 Å². The zero-order valence-corrected chi connectivity index (χ0v) is 36.7. The standard InChI is InChI=1S/C30H26FN4O.C15H18GeN.Ir/c1-16(2)21-7-6-8-22(17(3)4)28(21)35-26-15-32-18(5)11-25(26)34-29(35)19-12-24-23-10-9-20(31)13-27(23)36-30(24)33-14-19;1-12-5-7-13(8-6-12)15-10-9-14(11-17-15)16(2,3)4;/h6-13,15-17H,1-5H3;5-7,9-11H,1-4H3;/q2*-1;. The van der Waals surface area contributed by atoms with Crippen LogP contribution in [0.15, 0.2) is 95.7 Å². The summed E-state index contributed by atoms with van der Waals surface area (Å²) >= 11 is -1.73. The van der Waals surface area contributed by atoms with Crippen LogP contribution in [0, 0.1) is 31.9 Å². The molecule has 0 aliphatic rings. The van der Waals surface area contributed by atoms with Crippen molar-refractivity contribution in [2.24, 2.45) is 0 Å². The molecule has 0 unspecified atom stereocenters. The maximum atomic E-state index is 13.8. The van der Waals surface area contributed by atoms with Gasteiger partial charge in [0.05, 0.1) is 23.1 Å². The van der Waals surface area contributed by atoms with Crippen LogP contribution >= 0.6 is 0 Å². The first-order chi connectivity index (χ1) is 25.3. The first kappa shape index (κ1) is 39.2. The molecule has 0 aliphatic carbocycles. The molecule has 54 heavy (non-hydrogen) atoms. The summed E-state index contributed by atoms with van der Waals surface area (Å²) < 4.78 is 23.2. The van der Waals surface area contributed by atoms with Gasteiger partial charge in [0.15, 0.2) is 0 Å². The number of hydrogen-bond donors (Lipinski definition) is 0. The van der Waals surface area contributed by atoms with Crippen LogP contribution in [0.5, 0.6) is 0 Å². The minimum atomic E-state index is -1.73. The zero-order valence-electron chi connectivity index (χ0n) is 32.2. The Bertz CT molecular complexity index is 2560. The number of halogens is 1. The van der Waals surface area contributed by atoms with Crippen LogP contribution in [0.4, 0.5) is 4.39 Å². The van der Waals surface area contributed by atoms with Crippen molar-refractivity contribution in [3.8, 4) is 28.3 Å². The second kappa shape index (κ2) is 15.7. The monoisotopic (exact) mass is 956 g/mol. The van der Waals surface area contributed by atoms with E-state index in [1.165, 1.54) is 33.2 Å². The van der Waals surface area contributed by atoms with E-state index in [9.17, 15) is 4.39 Å². The van der Waals surface area contributed by atoms with E-state index in [0.717, 1.165) is 55.8 Å². The number of rotatable bonds is 6. The molecule has 8 rings (SSSR count). The summed E-state index contributed by atoms with van der Waals surface area (Å²) in [5.41, 5.74) is 11.2. The van der Waals surface area contributed by atoms with Crippen molar-refractivity contribution in [1.82, 2.24) is 24.5 Å². The number of aromatic nitrogens is 5. The summed E-state index contributed by atoms with van der Waals surface area (Å²) in [6.07, 6.45) is 7.08. The van der Waals surface area contributed by atoms with Crippen LogP contribution in [0.25, 0.3) is 61.4 Å². The van der Waals surface area contributed by atoms with Gasteiger partial charge in [-0.05, 0) is 59.7 Å². The molecule has 0 N–H and O–H groups in total. The average molecular weight is 955 g/mol. The summed E-state index contributed by atoms with van der Waals surface area (Å²) in [6.45, 7) is 12.9. The van der Waals surface area contributed by atoms with Gasteiger partial charge in [0, 0.05) is 42.9 Å². The number of imidazole rings is 1. The minimum Gasteiger partial charge on any atom is -0.482 e. The molecule has 9 heteroatoms. The minimum absolute atomic E-state index is 0. The van der Waals surface area contributed by atoms with Crippen LogP contribution < -0.4 is 4.40 Å². The molecule has 0 bridgehead atoms. The third kappa shape index (κ3) is 7.83. The second-order valence-electron chi connectivity index (χ2n) is 15.4. The van der Waals surface area contributed by atoms with Gasteiger partial charge in [-0.25, -0.2) is 4.39 Å². The van der Waals surface area contributed by atoms with Gasteiger partial charge in [0.2, 0.25) is 0 Å². The Balaban J connectivity index is 0.000000233. The molecule has 0 aliphatic heterocycles. The topological polar surface area (TPSA) is 69.6 Å². The van der Waals surface area contributed by atoms with Gasteiger partial charge in [0.25, 0.3) is 0 Å². The first-order valence-electron chi connectivity index (χ1n) is 18.1. The molecule has 0 saturated carbocycles.